The standard InChI is InChI=1S/C11H11IS2/c1-3-7-4-5-8-9(12)6-14-11(8)10(7)13-2/h4-6H,3H2,1-2H3. The molecule has 1 aromatic carbocycles. The van der Waals surface area contributed by atoms with Gasteiger partial charge in [0.25, 0.3) is 0 Å². The van der Waals surface area contributed by atoms with Crippen molar-refractivity contribution in [1.82, 2.24) is 0 Å². The molecule has 0 radical (unpaired) electrons. The van der Waals surface area contributed by atoms with Gasteiger partial charge in [0.15, 0.2) is 0 Å². The fourth-order valence-electron chi connectivity index (χ4n) is 1.58. The summed E-state index contributed by atoms with van der Waals surface area (Å²) >= 11 is 6.15. The number of thioether (sulfide) groups is 1. The molecule has 1 heterocycles. The molecule has 3 heteroatoms. The summed E-state index contributed by atoms with van der Waals surface area (Å²) < 4.78 is 2.84. The minimum absolute atomic E-state index is 1.13. The van der Waals surface area contributed by atoms with E-state index in [2.05, 4.69) is 53.3 Å². The fourth-order valence-corrected chi connectivity index (χ4v) is 4.65. The van der Waals surface area contributed by atoms with Crippen molar-refractivity contribution in [3.05, 3.63) is 26.6 Å². The third kappa shape index (κ3) is 1.70. The second-order valence-electron chi connectivity index (χ2n) is 3.07. The molecule has 14 heavy (non-hydrogen) atoms. The topological polar surface area (TPSA) is 0 Å². The predicted octanol–water partition coefficient (Wildman–Crippen LogP) is 4.79. The Morgan fingerprint density at radius 2 is 2.21 bits per heavy atom. The summed E-state index contributed by atoms with van der Waals surface area (Å²) in [6.45, 7) is 2.22. The van der Waals surface area contributed by atoms with Gasteiger partial charge in [-0.3, -0.25) is 0 Å². The van der Waals surface area contributed by atoms with E-state index in [0.29, 0.717) is 0 Å². The predicted molar refractivity (Wildman–Crippen MR) is 75.7 cm³/mol. The van der Waals surface area contributed by atoms with Gasteiger partial charge in [-0.2, -0.15) is 0 Å². The second kappa shape index (κ2) is 4.41. The molecule has 0 spiro atoms. The van der Waals surface area contributed by atoms with Crippen molar-refractivity contribution in [1.29, 1.82) is 0 Å². The van der Waals surface area contributed by atoms with E-state index < -0.39 is 0 Å². The Morgan fingerprint density at radius 1 is 1.43 bits per heavy atom. The molecule has 0 nitrogen and oxygen atoms in total. The monoisotopic (exact) mass is 334 g/mol. The van der Waals surface area contributed by atoms with Crippen molar-refractivity contribution in [2.75, 3.05) is 6.26 Å². The quantitative estimate of drug-likeness (QED) is 0.562. The Hall–Kier alpha value is 0.260. The van der Waals surface area contributed by atoms with E-state index >= 15 is 0 Å². The molecule has 0 N–H and O–H groups in total. The Kier molecular flexibility index (Phi) is 3.39. The average Bonchev–Trinajstić information content (AvgIpc) is 2.59. The van der Waals surface area contributed by atoms with Crippen molar-refractivity contribution in [2.24, 2.45) is 0 Å². The molecule has 0 saturated carbocycles. The van der Waals surface area contributed by atoms with Gasteiger partial charge in [0.2, 0.25) is 0 Å². The summed E-state index contributed by atoms with van der Waals surface area (Å²) in [5.41, 5.74) is 1.48. The zero-order chi connectivity index (χ0) is 10.1. The molecule has 2 aromatic rings. The van der Waals surface area contributed by atoms with Crippen LogP contribution in [0.1, 0.15) is 12.5 Å². The number of rotatable bonds is 2. The zero-order valence-corrected chi connectivity index (χ0v) is 11.9. The van der Waals surface area contributed by atoms with Crippen LogP contribution >= 0.6 is 45.7 Å². The maximum atomic E-state index is 2.41. The van der Waals surface area contributed by atoms with Gasteiger partial charge in [0, 0.05) is 23.9 Å². The number of hydrogen-bond donors (Lipinski definition) is 0. The fraction of sp³-hybridized carbons (Fsp3) is 0.273. The third-order valence-corrected chi connectivity index (χ3v) is 5.65. The lowest BCUT2D eigenvalue weighted by molar-refractivity contribution is 1.10. The van der Waals surface area contributed by atoms with Gasteiger partial charge in [-0.05, 0) is 40.8 Å². The number of halogens is 1. The summed E-state index contributed by atoms with van der Waals surface area (Å²) in [7, 11) is 0. The van der Waals surface area contributed by atoms with Gasteiger partial charge in [-0.25, -0.2) is 0 Å². The van der Waals surface area contributed by atoms with Crippen LogP contribution in [0, 0.1) is 3.57 Å². The Labute approximate surface area is 106 Å². The minimum Gasteiger partial charge on any atom is -0.141 e. The number of benzene rings is 1. The number of aryl methyl sites for hydroxylation is 1. The molecule has 2 rings (SSSR count). The maximum Gasteiger partial charge on any atom is 0.0492 e. The van der Waals surface area contributed by atoms with E-state index in [1.807, 2.05) is 23.1 Å². The van der Waals surface area contributed by atoms with E-state index in [-0.39, 0.29) is 0 Å². The van der Waals surface area contributed by atoms with Crippen LogP contribution in [0.2, 0.25) is 0 Å². The van der Waals surface area contributed by atoms with Gasteiger partial charge < -0.3 is 0 Å². The van der Waals surface area contributed by atoms with E-state index in [1.54, 1.807) is 0 Å². The normalized spacial score (nSPS) is 11.1. The molecule has 0 saturated heterocycles. The summed E-state index contributed by atoms with van der Waals surface area (Å²) in [6.07, 6.45) is 3.29. The van der Waals surface area contributed by atoms with Crippen molar-refractivity contribution in [3.63, 3.8) is 0 Å². The average molecular weight is 334 g/mol. The van der Waals surface area contributed by atoms with Crippen molar-refractivity contribution in [2.45, 2.75) is 18.2 Å². The number of hydrogen-bond acceptors (Lipinski definition) is 2. The van der Waals surface area contributed by atoms with E-state index in [9.17, 15) is 0 Å². The van der Waals surface area contributed by atoms with Crippen LogP contribution in [0.25, 0.3) is 10.1 Å². The largest absolute Gasteiger partial charge is 0.141 e. The molecule has 1 aromatic heterocycles. The van der Waals surface area contributed by atoms with Crippen LogP contribution in [-0.4, -0.2) is 6.26 Å². The van der Waals surface area contributed by atoms with E-state index in [1.165, 1.54) is 24.1 Å². The SMILES string of the molecule is CCc1ccc2c(I)csc2c1SC. The first-order valence-electron chi connectivity index (χ1n) is 4.50. The highest BCUT2D eigenvalue weighted by Crippen LogP contribution is 2.36. The third-order valence-electron chi connectivity index (χ3n) is 2.32. The smallest absolute Gasteiger partial charge is 0.0492 e. The Balaban J connectivity index is 2.77. The van der Waals surface area contributed by atoms with Crippen LogP contribution in [0.15, 0.2) is 22.4 Å². The number of fused-ring (bicyclic) bond motifs is 1. The molecule has 0 fully saturated rings. The molecule has 0 aliphatic carbocycles. The van der Waals surface area contributed by atoms with Crippen LogP contribution in [0.4, 0.5) is 0 Å². The van der Waals surface area contributed by atoms with Crippen molar-refractivity contribution in [3.8, 4) is 0 Å². The van der Waals surface area contributed by atoms with E-state index in [4.69, 9.17) is 0 Å². The highest BCUT2D eigenvalue weighted by molar-refractivity contribution is 14.1. The van der Waals surface area contributed by atoms with Crippen LogP contribution in [0.3, 0.4) is 0 Å². The summed E-state index contributed by atoms with van der Waals surface area (Å²) in [4.78, 5) is 1.47. The Morgan fingerprint density at radius 3 is 2.86 bits per heavy atom. The molecule has 0 aliphatic heterocycles. The molecule has 0 aliphatic rings. The zero-order valence-electron chi connectivity index (χ0n) is 8.13. The van der Waals surface area contributed by atoms with Gasteiger partial charge >= 0.3 is 0 Å². The first kappa shape index (κ1) is 10.8. The van der Waals surface area contributed by atoms with Gasteiger partial charge in [-0.15, -0.1) is 23.1 Å². The molecule has 74 valence electrons. The molecule has 0 unspecified atom stereocenters. The lowest BCUT2D eigenvalue weighted by Gasteiger charge is -2.05. The van der Waals surface area contributed by atoms with Gasteiger partial charge in [0.05, 0.1) is 0 Å². The van der Waals surface area contributed by atoms with Crippen LogP contribution < -0.4 is 0 Å². The minimum atomic E-state index is 1.13. The Bertz CT molecular complexity index is 460. The van der Waals surface area contributed by atoms with Gasteiger partial charge in [-0.1, -0.05) is 19.1 Å². The van der Waals surface area contributed by atoms with Crippen LogP contribution in [0.5, 0.6) is 0 Å². The maximum absolute atomic E-state index is 2.41. The highest BCUT2D eigenvalue weighted by atomic mass is 127. The summed E-state index contributed by atoms with van der Waals surface area (Å²) in [6, 6.07) is 4.52. The van der Waals surface area contributed by atoms with Gasteiger partial charge in [0.1, 0.15) is 0 Å². The second-order valence-corrected chi connectivity index (χ2v) is 5.93. The summed E-state index contributed by atoms with van der Waals surface area (Å²) in [5, 5.41) is 3.65. The molecule has 0 bridgehead atoms. The van der Waals surface area contributed by atoms with Crippen molar-refractivity contribution >= 4 is 55.8 Å². The van der Waals surface area contributed by atoms with Crippen LogP contribution in [-0.2, 0) is 6.42 Å². The highest BCUT2D eigenvalue weighted by Gasteiger charge is 2.09. The van der Waals surface area contributed by atoms with E-state index in [0.717, 1.165) is 6.42 Å². The lowest BCUT2D eigenvalue weighted by Crippen LogP contribution is -1.84. The molecule has 0 atom stereocenters. The molecular weight excluding hydrogens is 323 g/mol. The first-order chi connectivity index (χ1) is 6.77. The molecule has 0 amide bonds. The summed E-state index contributed by atoms with van der Waals surface area (Å²) in [5.74, 6) is 0. The number of thiophene rings is 1. The van der Waals surface area contributed by atoms with Crippen molar-refractivity contribution < 1.29 is 0 Å². The first-order valence-corrected chi connectivity index (χ1v) is 7.68. The lowest BCUT2D eigenvalue weighted by atomic mass is 10.1. The molecular formula is C11H11IS2.